The second-order valence-electron chi connectivity index (χ2n) is 2.69. The summed E-state index contributed by atoms with van der Waals surface area (Å²) in [6.07, 6.45) is -0.986. The van der Waals surface area contributed by atoms with Gasteiger partial charge in [0.2, 0.25) is 0 Å². The third kappa shape index (κ3) is 3.16. The maximum absolute atomic E-state index is 9.17. The molecule has 0 aromatic heterocycles. The molecule has 0 aliphatic rings. The molecule has 0 aliphatic carbocycles. The summed E-state index contributed by atoms with van der Waals surface area (Å²) in [6.45, 7) is 5.08. The average molecular weight is 162 g/mol. The van der Waals surface area contributed by atoms with Crippen molar-refractivity contribution in [2.24, 2.45) is 5.73 Å². The van der Waals surface area contributed by atoms with Crippen LogP contribution in [0.5, 0.6) is 0 Å². The Hall–Kier alpha value is -0.160. The van der Waals surface area contributed by atoms with Crippen molar-refractivity contribution in [3.05, 3.63) is 0 Å². The van der Waals surface area contributed by atoms with Gasteiger partial charge in [-0.05, 0) is 20.3 Å². The number of hydrogen-bond acceptors (Lipinski definition) is 4. The van der Waals surface area contributed by atoms with Crippen LogP contribution in [0.25, 0.3) is 0 Å². The van der Waals surface area contributed by atoms with Gasteiger partial charge in [0.25, 0.3) is 0 Å². The van der Waals surface area contributed by atoms with Gasteiger partial charge < -0.3 is 15.9 Å². The van der Waals surface area contributed by atoms with Crippen molar-refractivity contribution in [3.63, 3.8) is 0 Å². The Kier molecular flexibility index (Phi) is 4.60. The lowest BCUT2D eigenvalue weighted by Crippen LogP contribution is -2.51. The van der Waals surface area contributed by atoms with E-state index < -0.39 is 12.5 Å². The first-order valence-electron chi connectivity index (χ1n) is 3.89. The predicted molar refractivity (Wildman–Crippen MR) is 43.5 cm³/mol. The normalized spacial score (nSPS) is 19.9. The molecule has 0 saturated carbocycles. The van der Waals surface area contributed by atoms with E-state index in [1.54, 1.807) is 13.8 Å². The Morgan fingerprint density at radius 2 is 1.64 bits per heavy atom. The Morgan fingerprint density at radius 1 is 1.27 bits per heavy atom. The van der Waals surface area contributed by atoms with Crippen LogP contribution in [0.1, 0.15) is 27.2 Å². The Morgan fingerprint density at radius 3 is 1.73 bits per heavy atom. The zero-order chi connectivity index (χ0) is 9.02. The fourth-order valence-corrected chi connectivity index (χ4v) is 1.08. The molecule has 0 aromatic carbocycles. The van der Waals surface area contributed by atoms with Crippen LogP contribution in [0.2, 0.25) is 0 Å². The summed E-state index contributed by atoms with van der Waals surface area (Å²) in [5, 5.41) is 18.3. The van der Waals surface area contributed by atoms with Crippen molar-refractivity contribution in [2.45, 2.75) is 45.8 Å². The standard InChI is InChI=1S/C7H18N2O2/c1-4-7(8)9(5(2)10)6(3)11/h5-7,10-11H,4,8H2,1-3H3. The fraction of sp³-hybridized carbons (Fsp3) is 1.00. The zero-order valence-electron chi connectivity index (χ0n) is 7.36. The Labute approximate surface area is 67.6 Å². The van der Waals surface area contributed by atoms with E-state index in [2.05, 4.69) is 0 Å². The van der Waals surface area contributed by atoms with Gasteiger partial charge in [0.15, 0.2) is 0 Å². The number of nitrogens with zero attached hydrogens (tertiary/aromatic N) is 1. The van der Waals surface area contributed by atoms with E-state index >= 15 is 0 Å². The Bertz CT molecular complexity index is 98.6. The van der Waals surface area contributed by atoms with E-state index in [1.807, 2.05) is 6.92 Å². The molecule has 3 unspecified atom stereocenters. The van der Waals surface area contributed by atoms with Crippen LogP contribution in [0.15, 0.2) is 0 Å². The van der Waals surface area contributed by atoms with E-state index in [4.69, 9.17) is 5.73 Å². The van der Waals surface area contributed by atoms with Crippen LogP contribution >= 0.6 is 0 Å². The summed E-state index contributed by atoms with van der Waals surface area (Å²) in [7, 11) is 0. The van der Waals surface area contributed by atoms with Crippen LogP contribution in [-0.2, 0) is 0 Å². The molecule has 68 valence electrons. The minimum Gasteiger partial charge on any atom is -0.379 e. The van der Waals surface area contributed by atoms with E-state index in [0.29, 0.717) is 6.42 Å². The molecule has 0 fully saturated rings. The number of aliphatic hydroxyl groups excluding tert-OH is 2. The van der Waals surface area contributed by atoms with Crippen molar-refractivity contribution in [2.75, 3.05) is 0 Å². The van der Waals surface area contributed by atoms with Crippen molar-refractivity contribution in [1.29, 1.82) is 0 Å². The molecule has 4 N–H and O–H groups in total. The average Bonchev–Trinajstić information content (AvgIpc) is 1.85. The SMILES string of the molecule is CCC(N)N(C(C)O)C(C)O. The van der Waals surface area contributed by atoms with Crippen LogP contribution in [0.3, 0.4) is 0 Å². The summed E-state index contributed by atoms with van der Waals surface area (Å²) < 4.78 is 0. The van der Waals surface area contributed by atoms with Gasteiger partial charge in [-0.2, -0.15) is 0 Å². The maximum Gasteiger partial charge on any atom is 0.107 e. The minimum absolute atomic E-state index is 0.282. The lowest BCUT2D eigenvalue weighted by molar-refractivity contribution is -0.108. The molecule has 0 saturated heterocycles. The van der Waals surface area contributed by atoms with E-state index in [1.165, 1.54) is 4.90 Å². The summed E-state index contributed by atoms with van der Waals surface area (Å²) in [6, 6.07) is 0. The highest BCUT2D eigenvalue weighted by Gasteiger charge is 2.21. The predicted octanol–water partition coefficient (Wildman–Crippen LogP) is -0.340. The smallest absolute Gasteiger partial charge is 0.107 e. The van der Waals surface area contributed by atoms with Crippen molar-refractivity contribution in [3.8, 4) is 0 Å². The second kappa shape index (κ2) is 4.66. The van der Waals surface area contributed by atoms with Crippen LogP contribution in [0, 0.1) is 0 Å². The van der Waals surface area contributed by atoms with Gasteiger partial charge in [-0.1, -0.05) is 6.92 Å². The number of nitrogens with two attached hydrogens (primary N) is 1. The van der Waals surface area contributed by atoms with E-state index in [0.717, 1.165) is 0 Å². The lowest BCUT2D eigenvalue weighted by atomic mass is 10.3. The summed E-state index contributed by atoms with van der Waals surface area (Å²) in [4.78, 5) is 1.44. The molecule has 0 radical (unpaired) electrons. The van der Waals surface area contributed by atoms with Gasteiger partial charge in [0.05, 0.1) is 6.17 Å². The molecule has 0 aliphatic heterocycles. The van der Waals surface area contributed by atoms with Gasteiger partial charge >= 0.3 is 0 Å². The highest BCUT2D eigenvalue weighted by molar-refractivity contribution is 4.65. The maximum atomic E-state index is 9.17. The van der Waals surface area contributed by atoms with Crippen molar-refractivity contribution in [1.82, 2.24) is 4.90 Å². The summed E-state index contributed by atoms with van der Waals surface area (Å²) in [5.41, 5.74) is 5.62. The number of aliphatic hydroxyl groups is 2. The number of rotatable bonds is 4. The summed E-state index contributed by atoms with van der Waals surface area (Å²) >= 11 is 0. The Balaban J connectivity index is 4.09. The number of hydrogen-bond donors (Lipinski definition) is 3. The van der Waals surface area contributed by atoms with Crippen molar-refractivity contribution >= 4 is 0 Å². The molecule has 0 heterocycles. The van der Waals surface area contributed by atoms with E-state index in [-0.39, 0.29) is 6.17 Å². The molecule has 4 nitrogen and oxygen atoms in total. The molecule has 4 heteroatoms. The first-order chi connectivity index (χ1) is 5.00. The molecule has 0 amide bonds. The lowest BCUT2D eigenvalue weighted by Gasteiger charge is -2.32. The third-order valence-corrected chi connectivity index (χ3v) is 1.66. The van der Waals surface area contributed by atoms with Gasteiger partial charge in [-0.15, -0.1) is 0 Å². The topological polar surface area (TPSA) is 69.7 Å². The second-order valence-corrected chi connectivity index (χ2v) is 2.69. The van der Waals surface area contributed by atoms with Crippen LogP contribution in [0.4, 0.5) is 0 Å². The highest BCUT2D eigenvalue weighted by Crippen LogP contribution is 2.05. The van der Waals surface area contributed by atoms with Gasteiger partial charge in [0.1, 0.15) is 12.5 Å². The summed E-state index contributed by atoms with van der Waals surface area (Å²) in [5.74, 6) is 0. The quantitative estimate of drug-likeness (QED) is 0.495. The first kappa shape index (κ1) is 10.8. The van der Waals surface area contributed by atoms with Crippen LogP contribution in [-0.4, -0.2) is 33.7 Å². The fourth-order valence-electron chi connectivity index (χ4n) is 1.08. The molecule has 0 rings (SSSR count). The van der Waals surface area contributed by atoms with E-state index in [9.17, 15) is 10.2 Å². The molecular weight excluding hydrogens is 144 g/mol. The molecular formula is C7H18N2O2. The third-order valence-electron chi connectivity index (χ3n) is 1.66. The molecule has 0 bridgehead atoms. The molecule has 11 heavy (non-hydrogen) atoms. The molecule has 3 atom stereocenters. The van der Waals surface area contributed by atoms with Gasteiger partial charge in [0, 0.05) is 0 Å². The van der Waals surface area contributed by atoms with Gasteiger partial charge in [-0.25, -0.2) is 4.90 Å². The van der Waals surface area contributed by atoms with Crippen molar-refractivity contribution < 1.29 is 10.2 Å². The first-order valence-corrected chi connectivity index (χ1v) is 3.89. The monoisotopic (exact) mass is 162 g/mol. The molecule has 0 spiro atoms. The zero-order valence-corrected chi connectivity index (χ0v) is 7.36. The highest BCUT2D eigenvalue weighted by atomic mass is 16.3. The minimum atomic E-state index is -0.704. The van der Waals surface area contributed by atoms with Gasteiger partial charge in [-0.3, -0.25) is 0 Å². The molecule has 0 aromatic rings. The van der Waals surface area contributed by atoms with Crippen LogP contribution < -0.4 is 5.73 Å². The largest absolute Gasteiger partial charge is 0.379 e.